The lowest BCUT2D eigenvalue weighted by atomic mass is 10.1. The van der Waals surface area contributed by atoms with Crippen molar-refractivity contribution >= 4 is 17.3 Å². The van der Waals surface area contributed by atoms with Gasteiger partial charge in [0.1, 0.15) is 0 Å². The Balaban J connectivity index is 3.03. The smallest absolute Gasteiger partial charge is 0.0498 e. The molecule has 0 heterocycles. The lowest BCUT2D eigenvalue weighted by Crippen LogP contribution is -2.08. The first kappa shape index (κ1) is 9.14. The third-order valence-corrected chi connectivity index (χ3v) is 2.05. The lowest BCUT2D eigenvalue weighted by Gasteiger charge is -2.16. The molecule has 0 amide bonds. The van der Waals surface area contributed by atoms with Crippen molar-refractivity contribution in [1.82, 2.24) is 4.90 Å². The highest BCUT2D eigenvalue weighted by Crippen LogP contribution is 2.22. The second-order valence-electron chi connectivity index (χ2n) is 2.82. The predicted molar refractivity (Wildman–Crippen MR) is 54.2 cm³/mol. The molecule has 0 radical (unpaired) electrons. The second kappa shape index (κ2) is 3.63. The summed E-state index contributed by atoms with van der Waals surface area (Å²) in [7, 11) is 3.90. The molecule has 2 heteroatoms. The van der Waals surface area contributed by atoms with Crippen molar-refractivity contribution in [2.75, 3.05) is 14.1 Å². The summed E-state index contributed by atoms with van der Waals surface area (Å²) < 4.78 is 0. The van der Waals surface area contributed by atoms with E-state index in [0.29, 0.717) is 0 Å². The van der Waals surface area contributed by atoms with Crippen LogP contribution in [0.15, 0.2) is 30.8 Å². The SMILES string of the molecule is C=C(c1ccccc1Cl)N(C)C. The second-order valence-corrected chi connectivity index (χ2v) is 3.23. The molecule has 1 aromatic carbocycles. The van der Waals surface area contributed by atoms with Gasteiger partial charge in [0.15, 0.2) is 0 Å². The van der Waals surface area contributed by atoms with E-state index in [1.54, 1.807) is 0 Å². The van der Waals surface area contributed by atoms with Gasteiger partial charge in [-0.15, -0.1) is 0 Å². The maximum atomic E-state index is 5.98. The maximum Gasteiger partial charge on any atom is 0.0498 e. The molecule has 0 aliphatic heterocycles. The highest BCUT2D eigenvalue weighted by molar-refractivity contribution is 6.32. The fourth-order valence-electron chi connectivity index (χ4n) is 0.936. The number of nitrogens with zero attached hydrogens (tertiary/aromatic N) is 1. The van der Waals surface area contributed by atoms with E-state index in [-0.39, 0.29) is 0 Å². The van der Waals surface area contributed by atoms with Crippen LogP contribution in [-0.2, 0) is 0 Å². The molecule has 0 fully saturated rings. The molecular formula is C10H12ClN. The summed E-state index contributed by atoms with van der Waals surface area (Å²) in [6.07, 6.45) is 0. The number of hydrogen-bond donors (Lipinski definition) is 0. The molecule has 12 heavy (non-hydrogen) atoms. The summed E-state index contributed by atoms with van der Waals surface area (Å²) in [6.45, 7) is 3.93. The quantitative estimate of drug-likeness (QED) is 0.678. The van der Waals surface area contributed by atoms with Gasteiger partial charge in [0.05, 0.1) is 0 Å². The molecule has 0 saturated carbocycles. The minimum atomic E-state index is 0.746. The predicted octanol–water partition coefficient (Wildman–Crippen LogP) is 2.87. The van der Waals surface area contributed by atoms with Gasteiger partial charge < -0.3 is 4.90 Å². The normalized spacial score (nSPS) is 9.58. The minimum Gasteiger partial charge on any atom is -0.378 e. The zero-order valence-corrected chi connectivity index (χ0v) is 8.10. The van der Waals surface area contributed by atoms with Crippen LogP contribution in [0.5, 0.6) is 0 Å². The van der Waals surface area contributed by atoms with E-state index in [1.807, 2.05) is 43.3 Å². The fraction of sp³-hybridized carbons (Fsp3) is 0.200. The molecular weight excluding hydrogens is 170 g/mol. The Morgan fingerprint density at radius 1 is 1.33 bits per heavy atom. The highest BCUT2D eigenvalue weighted by atomic mass is 35.5. The van der Waals surface area contributed by atoms with Crippen molar-refractivity contribution in [3.8, 4) is 0 Å². The Morgan fingerprint density at radius 2 is 1.92 bits per heavy atom. The van der Waals surface area contributed by atoms with Crippen molar-refractivity contribution in [1.29, 1.82) is 0 Å². The molecule has 0 aliphatic carbocycles. The van der Waals surface area contributed by atoms with Crippen LogP contribution in [0, 0.1) is 0 Å². The van der Waals surface area contributed by atoms with Gasteiger partial charge in [0.25, 0.3) is 0 Å². The molecule has 0 aliphatic rings. The summed E-state index contributed by atoms with van der Waals surface area (Å²) in [4.78, 5) is 1.95. The van der Waals surface area contributed by atoms with Gasteiger partial charge in [-0.25, -0.2) is 0 Å². The molecule has 1 rings (SSSR count). The molecule has 0 bridgehead atoms. The summed E-state index contributed by atoms with van der Waals surface area (Å²) in [6, 6.07) is 7.70. The number of halogens is 1. The van der Waals surface area contributed by atoms with Crippen molar-refractivity contribution in [2.24, 2.45) is 0 Å². The number of rotatable bonds is 2. The van der Waals surface area contributed by atoms with Crippen molar-refractivity contribution < 1.29 is 0 Å². The molecule has 0 aromatic heterocycles. The summed E-state index contributed by atoms with van der Waals surface area (Å²) >= 11 is 5.98. The van der Waals surface area contributed by atoms with Crippen LogP contribution < -0.4 is 0 Å². The Bertz CT molecular complexity index is 292. The monoisotopic (exact) mass is 181 g/mol. The first-order chi connectivity index (χ1) is 5.63. The van der Waals surface area contributed by atoms with E-state index in [0.717, 1.165) is 16.3 Å². The van der Waals surface area contributed by atoms with Crippen LogP contribution >= 0.6 is 11.6 Å². The van der Waals surface area contributed by atoms with E-state index >= 15 is 0 Å². The van der Waals surface area contributed by atoms with Crippen LogP contribution in [0.3, 0.4) is 0 Å². The summed E-state index contributed by atoms with van der Waals surface area (Å²) in [5.74, 6) is 0. The van der Waals surface area contributed by atoms with E-state index in [4.69, 9.17) is 11.6 Å². The van der Waals surface area contributed by atoms with Gasteiger partial charge in [-0.2, -0.15) is 0 Å². The Labute approximate surface area is 78.3 Å². The number of hydrogen-bond acceptors (Lipinski definition) is 1. The molecule has 1 nitrogen and oxygen atoms in total. The van der Waals surface area contributed by atoms with Crippen LogP contribution in [0.1, 0.15) is 5.56 Å². The lowest BCUT2D eigenvalue weighted by molar-refractivity contribution is 0.593. The topological polar surface area (TPSA) is 3.24 Å². The van der Waals surface area contributed by atoms with Crippen LogP contribution in [0.2, 0.25) is 5.02 Å². The first-order valence-electron chi connectivity index (χ1n) is 3.74. The highest BCUT2D eigenvalue weighted by Gasteiger charge is 2.03. The summed E-state index contributed by atoms with van der Waals surface area (Å²) in [5.41, 5.74) is 1.92. The van der Waals surface area contributed by atoms with Gasteiger partial charge in [0, 0.05) is 30.4 Å². The Morgan fingerprint density at radius 3 is 2.42 bits per heavy atom. The van der Waals surface area contributed by atoms with Gasteiger partial charge in [0.2, 0.25) is 0 Å². The van der Waals surface area contributed by atoms with Crippen LogP contribution in [-0.4, -0.2) is 19.0 Å². The zero-order chi connectivity index (χ0) is 9.14. The van der Waals surface area contributed by atoms with E-state index in [2.05, 4.69) is 6.58 Å². The third-order valence-electron chi connectivity index (χ3n) is 1.72. The van der Waals surface area contributed by atoms with E-state index in [1.165, 1.54) is 0 Å². The minimum absolute atomic E-state index is 0.746. The molecule has 0 spiro atoms. The largest absolute Gasteiger partial charge is 0.378 e. The molecule has 0 saturated heterocycles. The van der Waals surface area contributed by atoms with Gasteiger partial charge in [-0.1, -0.05) is 36.4 Å². The van der Waals surface area contributed by atoms with E-state index < -0.39 is 0 Å². The Kier molecular flexibility index (Phi) is 2.77. The molecule has 0 atom stereocenters. The van der Waals surface area contributed by atoms with Crippen molar-refractivity contribution in [3.05, 3.63) is 41.4 Å². The Hall–Kier alpha value is -0.950. The fourth-order valence-corrected chi connectivity index (χ4v) is 1.18. The standard InChI is InChI=1S/C10H12ClN/c1-8(12(2)3)9-6-4-5-7-10(9)11/h4-7H,1H2,2-3H3. The van der Waals surface area contributed by atoms with Gasteiger partial charge >= 0.3 is 0 Å². The van der Waals surface area contributed by atoms with Crippen LogP contribution in [0.25, 0.3) is 5.70 Å². The average molecular weight is 182 g/mol. The van der Waals surface area contributed by atoms with E-state index in [9.17, 15) is 0 Å². The molecule has 64 valence electrons. The molecule has 1 aromatic rings. The third kappa shape index (κ3) is 1.80. The first-order valence-corrected chi connectivity index (χ1v) is 4.12. The van der Waals surface area contributed by atoms with Crippen molar-refractivity contribution in [2.45, 2.75) is 0 Å². The van der Waals surface area contributed by atoms with Gasteiger partial charge in [-0.05, 0) is 6.07 Å². The zero-order valence-electron chi connectivity index (χ0n) is 7.34. The molecule has 0 N–H and O–H groups in total. The summed E-state index contributed by atoms with van der Waals surface area (Å²) in [5, 5.41) is 0.746. The number of benzene rings is 1. The van der Waals surface area contributed by atoms with Crippen LogP contribution in [0.4, 0.5) is 0 Å². The average Bonchev–Trinajstić information content (AvgIpc) is 2.04. The maximum absolute atomic E-state index is 5.98. The molecule has 0 unspecified atom stereocenters. The van der Waals surface area contributed by atoms with Gasteiger partial charge in [-0.3, -0.25) is 0 Å². The van der Waals surface area contributed by atoms with Crippen molar-refractivity contribution in [3.63, 3.8) is 0 Å².